The lowest BCUT2D eigenvalue weighted by Crippen LogP contribution is -1.90. The predicted octanol–water partition coefficient (Wildman–Crippen LogP) is 3.92. The Morgan fingerprint density at radius 1 is 1.17 bits per heavy atom. The maximum absolute atomic E-state index is 10.6. The fourth-order valence-electron chi connectivity index (χ4n) is 1.67. The fraction of sp³-hybridized carbons (Fsp3) is 0.0769. The minimum absolute atomic E-state index is 0.0617. The number of halogens is 1. The van der Waals surface area contributed by atoms with Crippen molar-refractivity contribution in [3.63, 3.8) is 0 Å². The topological polar surface area (TPSA) is 52.4 Å². The molecule has 18 heavy (non-hydrogen) atoms. The molecular formula is C13H10ClNO3. The molecule has 0 bridgehead atoms. The first-order valence-corrected chi connectivity index (χ1v) is 5.58. The molecule has 5 heteroatoms. The molecule has 2 aromatic carbocycles. The van der Waals surface area contributed by atoms with Crippen LogP contribution in [0.3, 0.4) is 0 Å². The Labute approximate surface area is 109 Å². The van der Waals surface area contributed by atoms with E-state index in [9.17, 15) is 10.1 Å². The number of ether oxygens (including phenoxy) is 1. The van der Waals surface area contributed by atoms with Crippen LogP contribution in [0.2, 0.25) is 5.02 Å². The average molecular weight is 264 g/mol. The van der Waals surface area contributed by atoms with E-state index in [2.05, 4.69) is 0 Å². The molecule has 0 N–H and O–H groups in total. The molecule has 0 saturated heterocycles. The van der Waals surface area contributed by atoms with Crippen molar-refractivity contribution >= 4 is 17.3 Å². The van der Waals surface area contributed by atoms with Crippen LogP contribution >= 0.6 is 11.6 Å². The summed E-state index contributed by atoms with van der Waals surface area (Å²) in [7, 11) is 1.56. The quantitative estimate of drug-likeness (QED) is 0.623. The van der Waals surface area contributed by atoms with E-state index < -0.39 is 4.92 Å². The van der Waals surface area contributed by atoms with Crippen LogP contribution in [0.5, 0.6) is 5.75 Å². The van der Waals surface area contributed by atoms with Crippen molar-refractivity contribution in [1.82, 2.24) is 0 Å². The molecule has 0 spiro atoms. The van der Waals surface area contributed by atoms with Crippen molar-refractivity contribution < 1.29 is 9.66 Å². The van der Waals surface area contributed by atoms with Gasteiger partial charge in [0.25, 0.3) is 5.69 Å². The predicted molar refractivity (Wildman–Crippen MR) is 70.1 cm³/mol. The minimum atomic E-state index is -0.428. The van der Waals surface area contributed by atoms with Crippen molar-refractivity contribution in [2.24, 2.45) is 0 Å². The van der Waals surface area contributed by atoms with Gasteiger partial charge in [-0.1, -0.05) is 11.6 Å². The van der Waals surface area contributed by atoms with E-state index >= 15 is 0 Å². The molecular weight excluding hydrogens is 254 g/mol. The molecule has 0 aliphatic carbocycles. The Balaban J connectivity index is 2.45. The van der Waals surface area contributed by atoms with Crippen LogP contribution in [0.15, 0.2) is 42.5 Å². The Bertz CT molecular complexity index is 581. The number of nitro benzene ring substituents is 1. The van der Waals surface area contributed by atoms with Gasteiger partial charge in [-0.15, -0.1) is 0 Å². The number of nitrogens with zero attached hydrogens (tertiary/aromatic N) is 1. The number of hydrogen-bond acceptors (Lipinski definition) is 3. The van der Waals surface area contributed by atoms with E-state index in [1.165, 1.54) is 12.1 Å². The monoisotopic (exact) mass is 263 g/mol. The number of benzene rings is 2. The van der Waals surface area contributed by atoms with Crippen LogP contribution in [-0.2, 0) is 0 Å². The van der Waals surface area contributed by atoms with Gasteiger partial charge < -0.3 is 4.74 Å². The first-order valence-electron chi connectivity index (χ1n) is 5.20. The van der Waals surface area contributed by atoms with Gasteiger partial charge >= 0.3 is 0 Å². The standard InChI is InChI=1S/C13H10ClNO3/c1-18-13-8-10(14)4-7-12(13)9-2-5-11(6-3-9)15(16)17/h2-8H,1H3. The summed E-state index contributed by atoms with van der Waals surface area (Å²) < 4.78 is 5.24. The maximum atomic E-state index is 10.6. The Hall–Kier alpha value is -2.07. The third kappa shape index (κ3) is 2.43. The van der Waals surface area contributed by atoms with Crippen LogP contribution in [0.25, 0.3) is 11.1 Å². The van der Waals surface area contributed by atoms with Crippen molar-refractivity contribution in [1.29, 1.82) is 0 Å². The summed E-state index contributed by atoms with van der Waals surface area (Å²) in [5.41, 5.74) is 1.75. The Morgan fingerprint density at radius 2 is 1.83 bits per heavy atom. The third-order valence-electron chi connectivity index (χ3n) is 2.55. The summed E-state index contributed by atoms with van der Waals surface area (Å²) >= 11 is 5.88. The van der Waals surface area contributed by atoms with Gasteiger partial charge in [-0.05, 0) is 35.9 Å². The number of nitro groups is 1. The second kappa shape index (κ2) is 5.06. The molecule has 0 heterocycles. The van der Waals surface area contributed by atoms with Crippen LogP contribution < -0.4 is 4.74 Å². The summed E-state index contributed by atoms with van der Waals surface area (Å²) in [6, 6.07) is 11.6. The smallest absolute Gasteiger partial charge is 0.269 e. The zero-order chi connectivity index (χ0) is 13.1. The van der Waals surface area contributed by atoms with Gasteiger partial charge in [0, 0.05) is 22.7 Å². The normalized spacial score (nSPS) is 10.1. The minimum Gasteiger partial charge on any atom is -0.496 e. The Kier molecular flexibility index (Phi) is 3.48. The van der Waals surface area contributed by atoms with Gasteiger partial charge in [0.1, 0.15) is 5.75 Å². The molecule has 4 nitrogen and oxygen atoms in total. The number of rotatable bonds is 3. The van der Waals surface area contributed by atoms with E-state index in [-0.39, 0.29) is 5.69 Å². The largest absolute Gasteiger partial charge is 0.496 e. The zero-order valence-corrected chi connectivity index (χ0v) is 10.3. The highest BCUT2D eigenvalue weighted by Crippen LogP contribution is 2.33. The van der Waals surface area contributed by atoms with E-state index in [4.69, 9.17) is 16.3 Å². The molecule has 92 valence electrons. The highest BCUT2D eigenvalue weighted by Gasteiger charge is 2.09. The van der Waals surface area contributed by atoms with E-state index in [1.54, 1.807) is 31.4 Å². The molecule has 0 amide bonds. The van der Waals surface area contributed by atoms with E-state index in [0.717, 1.165) is 11.1 Å². The van der Waals surface area contributed by atoms with Crippen LogP contribution in [0.4, 0.5) is 5.69 Å². The number of methoxy groups -OCH3 is 1. The molecule has 0 saturated carbocycles. The first kappa shape index (κ1) is 12.4. The highest BCUT2D eigenvalue weighted by molar-refractivity contribution is 6.30. The fourth-order valence-corrected chi connectivity index (χ4v) is 1.83. The lowest BCUT2D eigenvalue weighted by Gasteiger charge is -2.08. The van der Waals surface area contributed by atoms with Crippen molar-refractivity contribution in [2.45, 2.75) is 0 Å². The molecule has 0 fully saturated rings. The van der Waals surface area contributed by atoms with E-state index in [0.29, 0.717) is 10.8 Å². The van der Waals surface area contributed by atoms with Gasteiger partial charge in [0.05, 0.1) is 12.0 Å². The van der Waals surface area contributed by atoms with Gasteiger partial charge in [-0.2, -0.15) is 0 Å². The lowest BCUT2D eigenvalue weighted by molar-refractivity contribution is -0.384. The summed E-state index contributed by atoms with van der Waals surface area (Å²) in [5.74, 6) is 0.636. The second-order valence-electron chi connectivity index (χ2n) is 3.65. The molecule has 0 atom stereocenters. The van der Waals surface area contributed by atoms with Gasteiger partial charge in [-0.25, -0.2) is 0 Å². The summed E-state index contributed by atoms with van der Waals surface area (Å²) in [6.07, 6.45) is 0. The zero-order valence-electron chi connectivity index (χ0n) is 9.59. The summed E-state index contributed by atoms with van der Waals surface area (Å²) in [4.78, 5) is 10.2. The maximum Gasteiger partial charge on any atom is 0.269 e. The molecule has 0 radical (unpaired) electrons. The van der Waals surface area contributed by atoms with Gasteiger partial charge in [-0.3, -0.25) is 10.1 Å². The van der Waals surface area contributed by atoms with Gasteiger partial charge in [0.2, 0.25) is 0 Å². The average Bonchev–Trinajstić information content (AvgIpc) is 2.38. The highest BCUT2D eigenvalue weighted by atomic mass is 35.5. The summed E-state index contributed by atoms with van der Waals surface area (Å²) in [6.45, 7) is 0. The molecule has 0 aliphatic heterocycles. The van der Waals surface area contributed by atoms with Crippen molar-refractivity contribution in [3.05, 3.63) is 57.6 Å². The molecule has 0 aliphatic rings. The van der Waals surface area contributed by atoms with Crippen molar-refractivity contribution in [3.8, 4) is 16.9 Å². The number of non-ortho nitro benzene ring substituents is 1. The summed E-state index contributed by atoms with van der Waals surface area (Å²) in [5, 5.41) is 11.2. The van der Waals surface area contributed by atoms with E-state index in [1.807, 2.05) is 6.07 Å². The molecule has 0 aromatic heterocycles. The third-order valence-corrected chi connectivity index (χ3v) is 2.79. The second-order valence-corrected chi connectivity index (χ2v) is 4.09. The van der Waals surface area contributed by atoms with Crippen LogP contribution in [0.1, 0.15) is 0 Å². The molecule has 2 aromatic rings. The van der Waals surface area contributed by atoms with Crippen LogP contribution in [0, 0.1) is 10.1 Å². The Morgan fingerprint density at radius 3 is 2.39 bits per heavy atom. The number of hydrogen-bond donors (Lipinski definition) is 0. The molecule has 2 rings (SSSR count). The van der Waals surface area contributed by atoms with Crippen molar-refractivity contribution in [2.75, 3.05) is 7.11 Å². The first-order chi connectivity index (χ1) is 8.61. The lowest BCUT2D eigenvalue weighted by atomic mass is 10.0. The van der Waals surface area contributed by atoms with Crippen LogP contribution in [-0.4, -0.2) is 12.0 Å². The SMILES string of the molecule is COc1cc(Cl)ccc1-c1ccc([N+](=O)[O-])cc1. The van der Waals surface area contributed by atoms with Gasteiger partial charge in [0.15, 0.2) is 0 Å². The molecule has 0 unspecified atom stereocenters.